The number of alkyl halides is 1. The van der Waals surface area contributed by atoms with E-state index in [1.54, 1.807) is 0 Å². The topological polar surface area (TPSA) is 32.7 Å². The van der Waals surface area contributed by atoms with Crippen molar-refractivity contribution in [3.63, 3.8) is 0 Å². The van der Waals surface area contributed by atoms with Crippen LogP contribution in [-0.4, -0.2) is 41.6 Å². The average molecular weight is 425 g/mol. The second kappa shape index (κ2) is 10.5. The minimum absolute atomic E-state index is 0. The van der Waals surface area contributed by atoms with Crippen LogP contribution in [0.25, 0.3) is 0 Å². The number of aromatic hydroxyl groups is 1. The molecular weight excluding hydrogens is 398 g/mol. The summed E-state index contributed by atoms with van der Waals surface area (Å²) in [5, 5.41) is 10.8. The number of benzene rings is 1. The normalized spacial score (nSPS) is 10.8. The molecule has 0 spiro atoms. The highest BCUT2D eigenvalue weighted by Crippen LogP contribution is 2.32. The lowest BCUT2D eigenvalue weighted by Crippen LogP contribution is -2.30. The van der Waals surface area contributed by atoms with Gasteiger partial charge in [0.25, 0.3) is 0 Å². The Balaban J connectivity index is 0.00000400. The Morgan fingerprint density at radius 2 is 1.95 bits per heavy atom. The van der Waals surface area contributed by atoms with E-state index >= 15 is 0 Å². The van der Waals surface area contributed by atoms with Gasteiger partial charge in [-0.3, -0.25) is 4.90 Å². The van der Waals surface area contributed by atoms with Crippen molar-refractivity contribution in [3.05, 3.63) is 23.3 Å². The molecule has 0 bridgehead atoms. The summed E-state index contributed by atoms with van der Waals surface area (Å²) in [5.74, 6) is 1.57. The largest absolute Gasteiger partial charge is 0.508 e. The first kappa shape index (κ1) is 20.7. The van der Waals surface area contributed by atoms with Gasteiger partial charge in [0, 0.05) is 24.0 Å². The molecule has 0 fully saturated rings. The van der Waals surface area contributed by atoms with Gasteiger partial charge in [0.05, 0.1) is 0 Å². The molecule has 1 aromatic carbocycles. The summed E-state index contributed by atoms with van der Waals surface area (Å²) in [6.45, 7) is 11.9. The smallest absolute Gasteiger partial charge is 0.123 e. The number of aryl methyl sites for hydroxylation is 1. The van der Waals surface area contributed by atoms with E-state index in [1.165, 1.54) is 0 Å². The lowest BCUT2D eigenvalue weighted by Gasteiger charge is -2.21. The quantitative estimate of drug-likeness (QED) is 0.623. The summed E-state index contributed by atoms with van der Waals surface area (Å²) < 4.78 is 5.94. The first-order chi connectivity index (χ1) is 9.49. The third-order valence-electron chi connectivity index (χ3n) is 3.46. The maximum absolute atomic E-state index is 9.83. The van der Waals surface area contributed by atoms with Crippen molar-refractivity contribution in [2.45, 2.75) is 33.6 Å². The third kappa shape index (κ3) is 6.57. The van der Waals surface area contributed by atoms with Crippen molar-refractivity contribution in [1.82, 2.24) is 4.90 Å². The monoisotopic (exact) mass is 423 g/mol. The minimum Gasteiger partial charge on any atom is -0.508 e. The van der Waals surface area contributed by atoms with Crippen LogP contribution in [0, 0.1) is 6.92 Å². The second-order valence-electron chi connectivity index (χ2n) is 5.30. The van der Waals surface area contributed by atoms with E-state index in [1.807, 2.05) is 19.1 Å². The van der Waals surface area contributed by atoms with Crippen LogP contribution < -0.4 is 4.74 Å². The minimum atomic E-state index is 0. The first-order valence-electron chi connectivity index (χ1n) is 7.24. The molecule has 0 atom stereocenters. The number of phenols is 1. The van der Waals surface area contributed by atoms with Crippen molar-refractivity contribution in [2.75, 3.05) is 31.6 Å². The summed E-state index contributed by atoms with van der Waals surface area (Å²) in [6.07, 6.45) is 0. The molecule has 0 aromatic heterocycles. The number of nitrogens with zero attached hydrogens (tertiary/aromatic N) is 1. The maximum Gasteiger partial charge on any atom is 0.123 e. The van der Waals surface area contributed by atoms with E-state index in [0.29, 0.717) is 18.3 Å². The summed E-state index contributed by atoms with van der Waals surface area (Å²) in [6, 6.07) is 3.76. The predicted octanol–water partition coefficient (Wildman–Crippen LogP) is 4.50. The Morgan fingerprint density at radius 1 is 1.29 bits per heavy atom. The van der Waals surface area contributed by atoms with Gasteiger partial charge in [-0.1, -0.05) is 36.7 Å². The molecule has 0 radical (unpaired) electrons. The molecule has 3 nitrogen and oxygen atoms in total. The van der Waals surface area contributed by atoms with Crippen LogP contribution in [0.1, 0.15) is 37.8 Å². The van der Waals surface area contributed by atoms with E-state index in [2.05, 4.69) is 41.6 Å². The van der Waals surface area contributed by atoms with Crippen LogP contribution in [0.15, 0.2) is 12.1 Å². The van der Waals surface area contributed by atoms with Gasteiger partial charge < -0.3 is 9.84 Å². The molecule has 0 aliphatic carbocycles. The Kier molecular flexibility index (Phi) is 10.3. The molecule has 21 heavy (non-hydrogen) atoms. The number of ether oxygens (including phenoxy) is 1. The standard InChI is InChI=1S/C16H26BrNO2.BrH/c1-5-18(7-6-17)8-9-20-16-10-13(4)15(19)11-14(16)12(2)3;/h10-12,19H,5-9H2,1-4H3;1H. The fourth-order valence-corrected chi connectivity index (χ4v) is 2.60. The van der Waals surface area contributed by atoms with Crippen LogP contribution in [0.5, 0.6) is 11.5 Å². The fraction of sp³-hybridized carbons (Fsp3) is 0.625. The van der Waals surface area contributed by atoms with E-state index in [9.17, 15) is 5.11 Å². The molecule has 122 valence electrons. The first-order valence-corrected chi connectivity index (χ1v) is 8.36. The number of phenolic OH excluding ortho intramolecular Hbond substituents is 1. The van der Waals surface area contributed by atoms with Crippen molar-refractivity contribution in [1.29, 1.82) is 0 Å². The maximum atomic E-state index is 9.83. The number of likely N-dealkylation sites (N-methyl/N-ethyl adjacent to an activating group) is 1. The van der Waals surface area contributed by atoms with Crippen LogP contribution in [0.4, 0.5) is 0 Å². The highest BCUT2D eigenvalue weighted by atomic mass is 79.9. The zero-order valence-electron chi connectivity index (χ0n) is 13.4. The highest BCUT2D eigenvalue weighted by molar-refractivity contribution is 9.09. The summed E-state index contributed by atoms with van der Waals surface area (Å²) in [5.41, 5.74) is 1.92. The Hall–Kier alpha value is -0.260. The van der Waals surface area contributed by atoms with E-state index in [4.69, 9.17) is 4.74 Å². The zero-order valence-corrected chi connectivity index (χ0v) is 16.7. The summed E-state index contributed by atoms with van der Waals surface area (Å²) in [4.78, 5) is 2.34. The Morgan fingerprint density at radius 3 is 2.48 bits per heavy atom. The lowest BCUT2D eigenvalue weighted by atomic mass is 10.00. The van der Waals surface area contributed by atoms with E-state index in [0.717, 1.165) is 41.8 Å². The molecule has 1 aromatic rings. The van der Waals surface area contributed by atoms with Gasteiger partial charge >= 0.3 is 0 Å². The molecule has 5 heteroatoms. The molecular formula is C16H27Br2NO2. The van der Waals surface area contributed by atoms with E-state index < -0.39 is 0 Å². The van der Waals surface area contributed by atoms with Gasteiger partial charge in [-0.15, -0.1) is 17.0 Å². The van der Waals surface area contributed by atoms with Gasteiger partial charge in [-0.2, -0.15) is 0 Å². The molecule has 1 N–H and O–H groups in total. The van der Waals surface area contributed by atoms with Crippen molar-refractivity contribution in [2.24, 2.45) is 0 Å². The van der Waals surface area contributed by atoms with Crippen molar-refractivity contribution >= 4 is 32.9 Å². The zero-order chi connectivity index (χ0) is 15.1. The number of hydrogen-bond acceptors (Lipinski definition) is 3. The molecule has 0 heterocycles. The number of halogens is 2. The molecule has 0 saturated carbocycles. The Bertz CT molecular complexity index is 425. The predicted molar refractivity (Wildman–Crippen MR) is 98.7 cm³/mol. The van der Waals surface area contributed by atoms with Gasteiger partial charge in [-0.05, 0) is 37.1 Å². The van der Waals surface area contributed by atoms with Gasteiger partial charge in [0.1, 0.15) is 18.1 Å². The van der Waals surface area contributed by atoms with E-state index in [-0.39, 0.29) is 17.0 Å². The van der Waals surface area contributed by atoms with Crippen LogP contribution in [0.3, 0.4) is 0 Å². The van der Waals surface area contributed by atoms with Crippen molar-refractivity contribution in [3.8, 4) is 11.5 Å². The lowest BCUT2D eigenvalue weighted by molar-refractivity contribution is 0.222. The number of rotatable bonds is 8. The SMILES string of the molecule is Br.CCN(CCBr)CCOc1cc(C)c(O)cc1C(C)C. The van der Waals surface area contributed by atoms with Crippen LogP contribution in [-0.2, 0) is 0 Å². The van der Waals surface area contributed by atoms with Gasteiger partial charge in [-0.25, -0.2) is 0 Å². The number of hydrogen-bond donors (Lipinski definition) is 1. The molecule has 0 aliphatic rings. The summed E-state index contributed by atoms with van der Waals surface area (Å²) >= 11 is 3.47. The van der Waals surface area contributed by atoms with Gasteiger partial charge in [0.2, 0.25) is 0 Å². The fourth-order valence-electron chi connectivity index (χ4n) is 2.09. The molecule has 0 saturated heterocycles. The Labute approximate surface area is 147 Å². The van der Waals surface area contributed by atoms with Crippen LogP contribution in [0.2, 0.25) is 0 Å². The van der Waals surface area contributed by atoms with Crippen LogP contribution >= 0.6 is 32.9 Å². The van der Waals surface area contributed by atoms with Crippen molar-refractivity contribution < 1.29 is 9.84 Å². The molecule has 1 rings (SSSR count). The molecule has 0 aliphatic heterocycles. The van der Waals surface area contributed by atoms with Gasteiger partial charge in [0.15, 0.2) is 0 Å². The second-order valence-corrected chi connectivity index (χ2v) is 6.10. The molecule has 0 amide bonds. The third-order valence-corrected chi connectivity index (χ3v) is 3.82. The summed E-state index contributed by atoms with van der Waals surface area (Å²) in [7, 11) is 0. The highest BCUT2D eigenvalue weighted by Gasteiger charge is 2.12. The molecule has 0 unspecified atom stereocenters. The average Bonchev–Trinajstić information content (AvgIpc) is 2.41.